The van der Waals surface area contributed by atoms with Crippen molar-refractivity contribution in [2.45, 2.75) is 68.5 Å². The number of benzene rings is 1. The summed E-state index contributed by atoms with van der Waals surface area (Å²) in [4.78, 5) is 51.1. The second-order valence-electron chi connectivity index (χ2n) is 9.97. The summed E-state index contributed by atoms with van der Waals surface area (Å²) in [7, 11) is -4.25. The Morgan fingerprint density at radius 2 is 1.97 bits per heavy atom. The van der Waals surface area contributed by atoms with Crippen LogP contribution in [-0.4, -0.2) is 90.7 Å². The molecule has 5 N–H and O–H groups in total. The van der Waals surface area contributed by atoms with Crippen LogP contribution in [0.3, 0.4) is 0 Å². The fourth-order valence-electron chi connectivity index (χ4n) is 4.73. The van der Waals surface area contributed by atoms with Crippen LogP contribution in [-0.2, 0) is 24.4 Å². The van der Waals surface area contributed by atoms with Gasteiger partial charge in [0.25, 0.3) is 0 Å². The first-order valence-electron chi connectivity index (χ1n) is 13.0. The number of imide groups is 1. The lowest BCUT2D eigenvalue weighted by molar-refractivity contribution is -0.136. The van der Waals surface area contributed by atoms with Gasteiger partial charge in [-0.25, -0.2) is 17.6 Å². The Morgan fingerprint density at radius 1 is 1.26 bits per heavy atom. The summed E-state index contributed by atoms with van der Waals surface area (Å²) in [6, 6.07) is 2.09. The van der Waals surface area contributed by atoms with Crippen LogP contribution >= 0.6 is 0 Å². The van der Waals surface area contributed by atoms with Gasteiger partial charge in [0, 0.05) is 25.4 Å². The topological polar surface area (TPSA) is 179 Å². The SMILES string of the molecule is CC(CCC(=O)N(C(=O)NC1CCCN(S(=O)(=O)c2ccccc2F)C[C@@H]1O)C1CCCNCC1=O)C(N)=O. The molecule has 4 amide bonds. The lowest BCUT2D eigenvalue weighted by Gasteiger charge is -2.32. The maximum atomic E-state index is 14.2. The lowest BCUT2D eigenvalue weighted by Crippen LogP contribution is -2.57. The minimum atomic E-state index is -4.25. The second kappa shape index (κ2) is 13.4. The van der Waals surface area contributed by atoms with Crippen LogP contribution in [0.4, 0.5) is 9.18 Å². The van der Waals surface area contributed by atoms with Gasteiger partial charge >= 0.3 is 6.03 Å². The third-order valence-corrected chi connectivity index (χ3v) is 9.02. The first-order valence-corrected chi connectivity index (χ1v) is 14.5. The minimum absolute atomic E-state index is 0.0134. The van der Waals surface area contributed by atoms with Gasteiger partial charge in [-0.2, -0.15) is 4.31 Å². The van der Waals surface area contributed by atoms with Crippen LogP contribution < -0.4 is 16.4 Å². The largest absolute Gasteiger partial charge is 0.390 e. The van der Waals surface area contributed by atoms with Crippen LogP contribution in [0, 0.1) is 11.7 Å². The van der Waals surface area contributed by atoms with E-state index < -0.39 is 69.2 Å². The molecule has 2 aliphatic heterocycles. The Labute approximate surface area is 227 Å². The molecule has 216 valence electrons. The molecule has 0 radical (unpaired) electrons. The van der Waals surface area contributed by atoms with E-state index in [4.69, 9.17) is 5.73 Å². The van der Waals surface area contributed by atoms with Crippen molar-refractivity contribution in [1.82, 2.24) is 19.8 Å². The molecule has 4 atom stereocenters. The highest BCUT2D eigenvalue weighted by atomic mass is 32.2. The van der Waals surface area contributed by atoms with E-state index in [1.807, 2.05) is 0 Å². The highest BCUT2D eigenvalue weighted by molar-refractivity contribution is 7.89. The highest BCUT2D eigenvalue weighted by Gasteiger charge is 2.39. The first-order chi connectivity index (χ1) is 18.4. The van der Waals surface area contributed by atoms with Crippen molar-refractivity contribution in [2.75, 3.05) is 26.2 Å². The molecule has 2 heterocycles. The van der Waals surface area contributed by atoms with E-state index in [-0.39, 0.29) is 51.0 Å². The Balaban J connectivity index is 1.77. The minimum Gasteiger partial charge on any atom is -0.390 e. The van der Waals surface area contributed by atoms with Crippen LogP contribution in [0.25, 0.3) is 0 Å². The highest BCUT2D eigenvalue weighted by Crippen LogP contribution is 2.23. The Hall–Kier alpha value is -2.94. The van der Waals surface area contributed by atoms with Crippen molar-refractivity contribution in [3.05, 3.63) is 30.1 Å². The van der Waals surface area contributed by atoms with E-state index in [1.165, 1.54) is 12.1 Å². The standard InChI is InChI=1S/C25H36FN5O7S/c1-16(24(27)35)10-11-23(34)31(19-8-4-12-28-14-20(19)32)25(36)29-18-7-5-13-30(15-21(18)33)39(37,38)22-9-3-2-6-17(22)26/h2-3,6,9,16,18-19,21,28,33H,4-5,7-8,10-15H2,1H3,(H2,27,35)(H,29,36)/t16?,18?,19?,21-/m0/s1. The number of nitrogens with two attached hydrogens (primary N) is 1. The number of aliphatic hydroxyl groups is 1. The number of urea groups is 1. The van der Waals surface area contributed by atoms with E-state index in [1.54, 1.807) is 6.92 Å². The number of rotatable bonds is 8. The molecule has 1 aromatic rings. The molecule has 14 heteroatoms. The molecule has 3 unspecified atom stereocenters. The summed E-state index contributed by atoms with van der Waals surface area (Å²) in [6.45, 7) is 1.66. The second-order valence-corrected chi connectivity index (χ2v) is 11.9. The smallest absolute Gasteiger partial charge is 0.325 e. The number of sulfonamides is 1. The Kier molecular flexibility index (Phi) is 10.5. The van der Waals surface area contributed by atoms with Crippen LogP contribution in [0.2, 0.25) is 0 Å². The van der Waals surface area contributed by atoms with Crippen LogP contribution in [0.5, 0.6) is 0 Å². The number of β-amino-alcohol motifs (C(OH)–C–C–N with tert-alkyl or cyclic N) is 1. The molecule has 2 saturated heterocycles. The van der Waals surface area contributed by atoms with E-state index in [0.717, 1.165) is 21.3 Å². The van der Waals surface area contributed by atoms with E-state index in [2.05, 4.69) is 10.6 Å². The molecule has 0 spiro atoms. The number of hydrogen-bond acceptors (Lipinski definition) is 8. The Bertz CT molecular complexity index is 1180. The molecule has 2 aliphatic rings. The first kappa shape index (κ1) is 30.6. The zero-order chi connectivity index (χ0) is 28.7. The van der Waals surface area contributed by atoms with Gasteiger partial charge in [0.15, 0.2) is 5.78 Å². The van der Waals surface area contributed by atoms with Crippen LogP contribution in [0.15, 0.2) is 29.2 Å². The molecule has 0 aliphatic carbocycles. The summed E-state index contributed by atoms with van der Waals surface area (Å²) < 4.78 is 41.3. The average Bonchev–Trinajstić information content (AvgIpc) is 3.21. The number of Topliss-reactive ketones (excluding diaryl/α,β-unsaturated/α-hetero) is 1. The fourth-order valence-corrected chi connectivity index (χ4v) is 6.29. The Morgan fingerprint density at radius 3 is 2.67 bits per heavy atom. The predicted octanol–water partition coefficient (Wildman–Crippen LogP) is 0.101. The summed E-state index contributed by atoms with van der Waals surface area (Å²) in [5, 5.41) is 16.4. The molecule has 12 nitrogen and oxygen atoms in total. The third kappa shape index (κ3) is 7.59. The van der Waals surface area contributed by atoms with Gasteiger partial charge in [0.05, 0.1) is 18.7 Å². The number of carbonyl (C=O) groups excluding carboxylic acids is 4. The van der Waals surface area contributed by atoms with Gasteiger partial charge < -0.3 is 21.5 Å². The molecule has 3 rings (SSSR count). The van der Waals surface area contributed by atoms with Crippen molar-refractivity contribution >= 4 is 33.7 Å². The van der Waals surface area contributed by atoms with Gasteiger partial charge in [-0.15, -0.1) is 0 Å². The summed E-state index contributed by atoms with van der Waals surface area (Å²) >= 11 is 0. The number of hydrogen-bond donors (Lipinski definition) is 4. The number of nitrogens with zero attached hydrogens (tertiary/aromatic N) is 2. The predicted molar refractivity (Wildman–Crippen MR) is 138 cm³/mol. The van der Waals surface area contributed by atoms with Gasteiger partial charge in [-0.1, -0.05) is 19.1 Å². The zero-order valence-electron chi connectivity index (χ0n) is 21.8. The number of carbonyl (C=O) groups is 4. The maximum absolute atomic E-state index is 14.2. The third-order valence-electron chi connectivity index (χ3n) is 7.12. The van der Waals surface area contributed by atoms with Gasteiger partial charge in [0.1, 0.15) is 16.8 Å². The molecular formula is C25H36FN5O7S. The number of nitrogens with one attached hydrogen (secondary N) is 2. The number of ketones is 1. The molecular weight excluding hydrogens is 533 g/mol. The quantitative estimate of drug-likeness (QED) is 0.340. The number of halogens is 1. The van der Waals surface area contributed by atoms with Gasteiger partial charge in [0.2, 0.25) is 21.8 Å². The number of primary amides is 1. The monoisotopic (exact) mass is 569 g/mol. The maximum Gasteiger partial charge on any atom is 0.325 e. The van der Waals surface area contributed by atoms with Gasteiger partial charge in [-0.05, 0) is 50.8 Å². The molecule has 2 fully saturated rings. The van der Waals surface area contributed by atoms with E-state index >= 15 is 0 Å². The average molecular weight is 570 g/mol. The normalized spacial score (nSPS) is 23.8. The zero-order valence-corrected chi connectivity index (χ0v) is 22.7. The van der Waals surface area contributed by atoms with E-state index in [0.29, 0.717) is 13.0 Å². The van der Waals surface area contributed by atoms with Crippen LogP contribution in [0.1, 0.15) is 45.4 Å². The van der Waals surface area contributed by atoms with Gasteiger partial charge in [-0.3, -0.25) is 19.3 Å². The fraction of sp³-hybridized carbons (Fsp3) is 0.600. The van der Waals surface area contributed by atoms with E-state index in [9.17, 15) is 37.1 Å². The molecule has 39 heavy (non-hydrogen) atoms. The van der Waals surface area contributed by atoms with Crippen molar-refractivity contribution in [3.63, 3.8) is 0 Å². The summed E-state index contributed by atoms with van der Waals surface area (Å²) in [5.41, 5.74) is 5.28. The molecule has 1 aromatic carbocycles. The van der Waals surface area contributed by atoms with Crippen molar-refractivity contribution < 1.29 is 37.1 Å². The van der Waals surface area contributed by atoms with Crippen molar-refractivity contribution in [3.8, 4) is 0 Å². The molecule has 0 aromatic heterocycles. The van der Waals surface area contributed by atoms with Crippen molar-refractivity contribution in [1.29, 1.82) is 0 Å². The number of amides is 4. The lowest BCUT2D eigenvalue weighted by atomic mass is 10.0. The molecule has 0 bridgehead atoms. The summed E-state index contributed by atoms with van der Waals surface area (Å²) in [6.07, 6.45) is -0.263. The summed E-state index contributed by atoms with van der Waals surface area (Å²) in [5.74, 6) is -3.12. The van der Waals surface area contributed by atoms with Crippen molar-refractivity contribution in [2.24, 2.45) is 11.7 Å². The molecule has 0 saturated carbocycles. The number of aliphatic hydroxyl groups excluding tert-OH is 1.